The van der Waals surface area contributed by atoms with Crippen molar-refractivity contribution >= 4 is 17.3 Å². The van der Waals surface area contributed by atoms with Crippen LogP contribution in [0.1, 0.15) is 33.0 Å². The maximum atomic E-state index is 11.7. The molecule has 0 bridgehead atoms. The predicted molar refractivity (Wildman–Crippen MR) is 71.1 cm³/mol. The Hall–Kier alpha value is -1.62. The molecule has 2 aromatic heterocycles. The Morgan fingerprint density at radius 3 is 2.89 bits per heavy atom. The van der Waals surface area contributed by atoms with Crippen molar-refractivity contribution in [2.45, 2.75) is 27.3 Å². The van der Waals surface area contributed by atoms with Crippen LogP contribution < -0.4 is 0 Å². The third-order valence-corrected chi connectivity index (χ3v) is 3.75. The monoisotopic (exact) mass is 264 g/mol. The Balaban J connectivity index is 2.19. The Morgan fingerprint density at radius 1 is 1.50 bits per heavy atom. The van der Waals surface area contributed by atoms with Gasteiger partial charge in [0.1, 0.15) is 10.7 Å². The molecule has 0 aliphatic carbocycles. The lowest BCUT2D eigenvalue weighted by atomic mass is 10.4. The molecule has 2 rings (SSSR count). The second kappa shape index (κ2) is 5.35. The minimum Gasteiger partial charge on any atom is -0.461 e. The number of aromatic nitrogens is 2. The maximum absolute atomic E-state index is 11.7. The predicted octanol–water partition coefficient (Wildman–Crippen LogP) is 2.79. The van der Waals surface area contributed by atoms with Crippen LogP contribution in [-0.2, 0) is 11.3 Å². The van der Waals surface area contributed by atoms with Crippen molar-refractivity contribution in [3.63, 3.8) is 0 Å². The van der Waals surface area contributed by atoms with Gasteiger partial charge in [0.2, 0.25) is 0 Å². The highest BCUT2D eigenvalue weighted by atomic mass is 32.1. The number of carbonyl (C=O) groups is 1. The summed E-state index contributed by atoms with van der Waals surface area (Å²) in [6.07, 6.45) is 1.87. The molecule has 2 aromatic rings. The fourth-order valence-corrected chi connectivity index (χ4v) is 2.63. The van der Waals surface area contributed by atoms with E-state index >= 15 is 0 Å². The number of nitrogens with zero attached hydrogens (tertiary/aromatic N) is 2. The number of thiazole rings is 1. The second-order valence-corrected chi connectivity index (χ2v) is 5.28. The molecule has 0 amide bonds. The Morgan fingerprint density at radius 2 is 2.28 bits per heavy atom. The fraction of sp³-hybridized carbons (Fsp3) is 0.385. The van der Waals surface area contributed by atoms with Crippen molar-refractivity contribution in [1.82, 2.24) is 9.55 Å². The first-order valence-electron chi connectivity index (χ1n) is 5.87. The zero-order valence-corrected chi connectivity index (χ0v) is 11.6. The van der Waals surface area contributed by atoms with E-state index in [4.69, 9.17) is 4.74 Å². The summed E-state index contributed by atoms with van der Waals surface area (Å²) >= 11 is 1.66. The van der Waals surface area contributed by atoms with Gasteiger partial charge in [-0.3, -0.25) is 0 Å². The molecule has 96 valence electrons. The van der Waals surface area contributed by atoms with E-state index in [0.29, 0.717) is 18.8 Å². The summed E-state index contributed by atoms with van der Waals surface area (Å²) in [5, 5.41) is 1.01. The van der Waals surface area contributed by atoms with Gasteiger partial charge in [0.15, 0.2) is 0 Å². The minimum absolute atomic E-state index is 0.285. The summed E-state index contributed by atoms with van der Waals surface area (Å²) in [6.45, 7) is 6.86. The SMILES string of the molecule is CCOC(=O)c1cccn1Cc1nc(C)c(C)s1. The van der Waals surface area contributed by atoms with Gasteiger partial charge in [-0.15, -0.1) is 11.3 Å². The van der Waals surface area contributed by atoms with Crippen LogP contribution in [-0.4, -0.2) is 22.1 Å². The standard InChI is InChI=1S/C13H16N2O2S/c1-4-17-13(16)11-6-5-7-15(11)8-12-14-9(2)10(3)18-12/h5-7H,4,8H2,1-3H3. The fourth-order valence-electron chi connectivity index (χ4n) is 1.69. The van der Waals surface area contributed by atoms with Crippen LogP contribution in [0.2, 0.25) is 0 Å². The van der Waals surface area contributed by atoms with E-state index in [0.717, 1.165) is 10.7 Å². The summed E-state index contributed by atoms with van der Waals surface area (Å²) in [5.41, 5.74) is 1.63. The van der Waals surface area contributed by atoms with Gasteiger partial charge in [-0.2, -0.15) is 0 Å². The van der Waals surface area contributed by atoms with Crippen molar-refractivity contribution in [2.75, 3.05) is 6.61 Å². The number of carbonyl (C=O) groups excluding carboxylic acids is 1. The van der Waals surface area contributed by atoms with E-state index in [-0.39, 0.29) is 5.97 Å². The van der Waals surface area contributed by atoms with E-state index in [1.54, 1.807) is 24.3 Å². The van der Waals surface area contributed by atoms with E-state index in [1.165, 1.54) is 4.88 Å². The van der Waals surface area contributed by atoms with Gasteiger partial charge in [0, 0.05) is 11.1 Å². The molecule has 4 nitrogen and oxygen atoms in total. The summed E-state index contributed by atoms with van der Waals surface area (Å²) in [7, 11) is 0. The molecule has 0 aliphatic rings. The quantitative estimate of drug-likeness (QED) is 0.798. The molecule has 0 N–H and O–H groups in total. The Bertz CT molecular complexity index is 538. The normalized spacial score (nSPS) is 10.6. The molecule has 0 saturated carbocycles. The largest absolute Gasteiger partial charge is 0.461 e. The summed E-state index contributed by atoms with van der Waals surface area (Å²) in [6, 6.07) is 3.62. The van der Waals surface area contributed by atoms with Gasteiger partial charge in [0.05, 0.1) is 18.8 Å². The van der Waals surface area contributed by atoms with Crippen LogP contribution in [0.5, 0.6) is 0 Å². The van der Waals surface area contributed by atoms with Crippen LogP contribution in [0, 0.1) is 13.8 Å². The van der Waals surface area contributed by atoms with Crippen LogP contribution in [0.15, 0.2) is 18.3 Å². The molecule has 18 heavy (non-hydrogen) atoms. The van der Waals surface area contributed by atoms with E-state index in [1.807, 2.05) is 23.8 Å². The topological polar surface area (TPSA) is 44.1 Å². The van der Waals surface area contributed by atoms with Gasteiger partial charge < -0.3 is 9.30 Å². The van der Waals surface area contributed by atoms with Gasteiger partial charge in [-0.05, 0) is 32.9 Å². The highest BCUT2D eigenvalue weighted by Gasteiger charge is 2.13. The van der Waals surface area contributed by atoms with Crippen molar-refractivity contribution in [2.24, 2.45) is 0 Å². The number of ether oxygens (including phenoxy) is 1. The van der Waals surface area contributed by atoms with Crippen molar-refractivity contribution in [3.8, 4) is 0 Å². The smallest absolute Gasteiger partial charge is 0.354 e. The van der Waals surface area contributed by atoms with E-state index < -0.39 is 0 Å². The maximum Gasteiger partial charge on any atom is 0.354 e. The van der Waals surface area contributed by atoms with Crippen molar-refractivity contribution in [3.05, 3.63) is 39.6 Å². The average molecular weight is 264 g/mol. The molecule has 0 atom stereocenters. The molecule has 0 radical (unpaired) electrons. The molecular weight excluding hydrogens is 248 g/mol. The highest BCUT2D eigenvalue weighted by Crippen LogP contribution is 2.18. The van der Waals surface area contributed by atoms with Gasteiger partial charge in [0.25, 0.3) is 0 Å². The van der Waals surface area contributed by atoms with Gasteiger partial charge in [-0.25, -0.2) is 9.78 Å². The number of hydrogen-bond acceptors (Lipinski definition) is 4. The summed E-state index contributed by atoms with van der Waals surface area (Å²) in [5.74, 6) is -0.285. The molecule has 0 aliphatic heterocycles. The lowest BCUT2D eigenvalue weighted by Gasteiger charge is -2.06. The molecule has 0 saturated heterocycles. The van der Waals surface area contributed by atoms with Crippen molar-refractivity contribution < 1.29 is 9.53 Å². The summed E-state index contributed by atoms with van der Waals surface area (Å²) in [4.78, 5) is 17.4. The summed E-state index contributed by atoms with van der Waals surface area (Å²) < 4.78 is 6.89. The first-order valence-corrected chi connectivity index (χ1v) is 6.68. The molecule has 0 spiro atoms. The van der Waals surface area contributed by atoms with Gasteiger partial charge >= 0.3 is 5.97 Å². The number of aryl methyl sites for hydroxylation is 2. The molecule has 2 heterocycles. The zero-order chi connectivity index (χ0) is 13.1. The molecule has 0 unspecified atom stereocenters. The Kier molecular flexibility index (Phi) is 3.81. The molecule has 5 heteroatoms. The first kappa shape index (κ1) is 12.8. The lowest BCUT2D eigenvalue weighted by Crippen LogP contribution is -2.12. The minimum atomic E-state index is -0.285. The number of esters is 1. The van der Waals surface area contributed by atoms with Crippen LogP contribution in [0.25, 0.3) is 0 Å². The third-order valence-electron chi connectivity index (χ3n) is 2.69. The molecular formula is C13H16N2O2S. The van der Waals surface area contributed by atoms with Crippen LogP contribution in [0.4, 0.5) is 0 Å². The molecule has 0 fully saturated rings. The van der Waals surface area contributed by atoms with Crippen LogP contribution in [0.3, 0.4) is 0 Å². The van der Waals surface area contributed by atoms with Gasteiger partial charge in [-0.1, -0.05) is 0 Å². The van der Waals surface area contributed by atoms with E-state index in [9.17, 15) is 4.79 Å². The number of rotatable bonds is 4. The van der Waals surface area contributed by atoms with Crippen molar-refractivity contribution in [1.29, 1.82) is 0 Å². The first-order chi connectivity index (χ1) is 8.61. The highest BCUT2D eigenvalue weighted by molar-refractivity contribution is 7.11. The van der Waals surface area contributed by atoms with E-state index in [2.05, 4.69) is 11.9 Å². The average Bonchev–Trinajstić information content (AvgIpc) is 2.88. The number of hydrogen-bond donors (Lipinski definition) is 0. The lowest BCUT2D eigenvalue weighted by molar-refractivity contribution is 0.0514. The van der Waals surface area contributed by atoms with Crippen LogP contribution >= 0.6 is 11.3 Å². The molecule has 0 aromatic carbocycles. The zero-order valence-electron chi connectivity index (χ0n) is 10.8. The third kappa shape index (κ3) is 2.61. The Labute approximate surface area is 110 Å². The second-order valence-electron chi connectivity index (χ2n) is 3.99.